The monoisotopic (exact) mass is 239 g/mol. The van der Waals surface area contributed by atoms with Gasteiger partial charge in [-0.2, -0.15) is 5.10 Å². The lowest BCUT2D eigenvalue weighted by Gasteiger charge is -2.10. The van der Waals surface area contributed by atoms with E-state index >= 15 is 0 Å². The molecule has 0 bridgehead atoms. The van der Waals surface area contributed by atoms with Gasteiger partial charge in [0.05, 0.1) is 11.6 Å². The van der Waals surface area contributed by atoms with E-state index in [1.54, 1.807) is 0 Å². The van der Waals surface area contributed by atoms with Crippen molar-refractivity contribution < 1.29 is 9.90 Å². The van der Waals surface area contributed by atoms with Gasteiger partial charge in [0.2, 0.25) is 0 Å². The molecule has 96 valence electrons. The molecule has 1 rings (SSSR count). The van der Waals surface area contributed by atoms with Crippen molar-refractivity contribution in [3.8, 4) is 0 Å². The first kappa shape index (κ1) is 13.7. The number of carboxylic acid groups (broad SMARTS) is 1. The average molecular weight is 239 g/mol. The van der Waals surface area contributed by atoms with Crippen molar-refractivity contribution >= 4 is 5.97 Å². The predicted octanol–water partition coefficient (Wildman–Crippen LogP) is 1.45. The van der Waals surface area contributed by atoms with Crippen LogP contribution in [0.15, 0.2) is 12.3 Å². The first-order valence-electron chi connectivity index (χ1n) is 6.05. The second-order valence-corrected chi connectivity index (χ2v) is 4.36. The molecule has 17 heavy (non-hydrogen) atoms. The molecular weight excluding hydrogens is 218 g/mol. The van der Waals surface area contributed by atoms with E-state index in [0.29, 0.717) is 25.4 Å². The van der Waals surface area contributed by atoms with Crippen LogP contribution in [0.2, 0.25) is 0 Å². The number of aromatic nitrogens is 2. The van der Waals surface area contributed by atoms with Crippen LogP contribution in [0.5, 0.6) is 0 Å². The minimum absolute atomic E-state index is 0.349. The van der Waals surface area contributed by atoms with E-state index in [4.69, 9.17) is 10.8 Å². The summed E-state index contributed by atoms with van der Waals surface area (Å²) >= 11 is 0. The van der Waals surface area contributed by atoms with Gasteiger partial charge in [-0.15, -0.1) is 0 Å². The Morgan fingerprint density at radius 3 is 2.88 bits per heavy atom. The van der Waals surface area contributed by atoms with Gasteiger partial charge in [0.15, 0.2) is 0 Å². The Morgan fingerprint density at radius 1 is 1.65 bits per heavy atom. The molecule has 0 amide bonds. The van der Waals surface area contributed by atoms with E-state index in [2.05, 4.69) is 18.9 Å². The van der Waals surface area contributed by atoms with Gasteiger partial charge < -0.3 is 10.8 Å². The fourth-order valence-electron chi connectivity index (χ4n) is 1.69. The molecule has 1 heterocycles. The van der Waals surface area contributed by atoms with Crippen molar-refractivity contribution in [3.05, 3.63) is 18.0 Å². The van der Waals surface area contributed by atoms with E-state index in [9.17, 15) is 4.79 Å². The number of rotatable bonds is 7. The first-order chi connectivity index (χ1) is 8.08. The van der Waals surface area contributed by atoms with E-state index in [-0.39, 0.29) is 0 Å². The summed E-state index contributed by atoms with van der Waals surface area (Å²) < 4.78 is 1.89. The molecule has 5 heteroatoms. The van der Waals surface area contributed by atoms with Gasteiger partial charge in [-0.25, -0.2) is 0 Å². The minimum Gasteiger partial charge on any atom is -0.481 e. The number of aliphatic carboxylic acids is 1. The summed E-state index contributed by atoms with van der Waals surface area (Å²) in [5, 5.41) is 13.4. The molecule has 0 saturated heterocycles. The second-order valence-electron chi connectivity index (χ2n) is 4.36. The number of hydrogen-bond acceptors (Lipinski definition) is 3. The van der Waals surface area contributed by atoms with Crippen LogP contribution in [-0.2, 0) is 11.2 Å². The molecule has 0 radical (unpaired) electrons. The summed E-state index contributed by atoms with van der Waals surface area (Å²) in [6.45, 7) is 4.58. The molecule has 0 spiro atoms. The Hall–Kier alpha value is -1.36. The maximum absolute atomic E-state index is 11.0. The molecule has 0 aliphatic heterocycles. The lowest BCUT2D eigenvalue weighted by atomic mass is 10.00. The van der Waals surface area contributed by atoms with Crippen molar-refractivity contribution in [2.45, 2.75) is 39.2 Å². The first-order valence-corrected chi connectivity index (χ1v) is 6.05. The second kappa shape index (κ2) is 6.39. The van der Waals surface area contributed by atoms with Crippen LogP contribution >= 0.6 is 0 Å². The highest BCUT2D eigenvalue weighted by atomic mass is 16.4. The number of nitrogens with two attached hydrogens (primary N) is 1. The van der Waals surface area contributed by atoms with E-state index < -0.39 is 11.9 Å². The summed E-state index contributed by atoms with van der Waals surface area (Å²) in [7, 11) is 0. The summed E-state index contributed by atoms with van der Waals surface area (Å²) in [6, 6.07) is 2.24. The molecule has 0 saturated carbocycles. The molecule has 2 unspecified atom stereocenters. The van der Waals surface area contributed by atoms with Crippen molar-refractivity contribution in [1.82, 2.24) is 9.78 Å². The van der Waals surface area contributed by atoms with Crippen LogP contribution in [0, 0.1) is 5.92 Å². The summed E-state index contributed by atoms with van der Waals surface area (Å²) in [6.07, 6.45) is 3.86. The minimum atomic E-state index is -0.798. The predicted molar refractivity (Wildman–Crippen MR) is 65.7 cm³/mol. The number of carboxylic acids is 1. The molecule has 1 aromatic heterocycles. The molecule has 0 fully saturated rings. The number of carbonyl (C=O) groups is 1. The van der Waals surface area contributed by atoms with Gasteiger partial charge >= 0.3 is 5.97 Å². The van der Waals surface area contributed by atoms with Crippen LogP contribution in [0.25, 0.3) is 0 Å². The molecule has 0 aliphatic carbocycles. The highest BCUT2D eigenvalue weighted by Crippen LogP contribution is 2.14. The third kappa shape index (κ3) is 3.85. The summed E-state index contributed by atoms with van der Waals surface area (Å²) in [5.41, 5.74) is 6.23. The molecule has 2 atom stereocenters. The Kier molecular flexibility index (Phi) is 5.15. The zero-order valence-electron chi connectivity index (χ0n) is 10.5. The zero-order chi connectivity index (χ0) is 12.8. The van der Waals surface area contributed by atoms with Crippen LogP contribution in [0.4, 0.5) is 0 Å². The summed E-state index contributed by atoms with van der Waals surface area (Å²) in [5.74, 6) is -1.23. The van der Waals surface area contributed by atoms with Gasteiger partial charge in [0.1, 0.15) is 0 Å². The van der Waals surface area contributed by atoms with Crippen LogP contribution in [-0.4, -0.2) is 27.4 Å². The number of hydrogen-bond donors (Lipinski definition) is 2. The van der Waals surface area contributed by atoms with Crippen molar-refractivity contribution in [3.63, 3.8) is 0 Å². The Labute approximate surface area is 102 Å². The van der Waals surface area contributed by atoms with Gasteiger partial charge in [0.25, 0.3) is 0 Å². The Bertz CT molecular complexity index is 362. The Morgan fingerprint density at radius 2 is 2.35 bits per heavy atom. The third-order valence-electron chi connectivity index (χ3n) is 3.03. The third-order valence-corrected chi connectivity index (χ3v) is 3.03. The SMILES string of the molecule is CCC(C)n1ccc(CC(CCN)C(=O)O)n1. The maximum atomic E-state index is 11.0. The standard InChI is InChI=1S/C12H21N3O2/c1-3-9(2)15-7-5-11(14-15)8-10(4-6-13)12(16)17/h5,7,9-10H,3-4,6,8,13H2,1-2H3,(H,16,17). The van der Waals surface area contributed by atoms with Crippen molar-refractivity contribution in [1.29, 1.82) is 0 Å². The largest absolute Gasteiger partial charge is 0.481 e. The lowest BCUT2D eigenvalue weighted by Crippen LogP contribution is -2.20. The highest BCUT2D eigenvalue weighted by Gasteiger charge is 2.18. The summed E-state index contributed by atoms with van der Waals surface area (Å²) in [4.78, 5) is 11.0. The molecule has 0 aliphatic rings. The van der Waals surface area contributed by atoms with E-state index in [0.717, 1.165) is 12.1 Å². The zero-order valence-corrected chi connectivity index (χ0v) is 10.5. The molecule has 5 nitrogen and oxygen atoms in total. The fourth-order valence-corrected chi connectivity index (χ4v) is 1.69. The molecular formula is C12H21N3O2. The Balaban J connectivity index is 2.66. The van der Waals surface area contributed by atoms with E-state index in [1.165, 1.54) is 0 Å². The normalized spacial score (nSPS) is 14.5. The topological polar surface area (TPSA) is 81.1 Å². The van der Waals surface area contributed by atoms with Crippen LogP contribution < -0.4 is 5.73 Å². The van der Waals surface area contributed by atoms with Gasteiger partial charge in [-0.1, -0.05) is 6.92 Å². The van der Waals surface area contributed by atoms with Crippen molar-refractivity contribution in [2.75, 3.05) is 6.54 Å². The van der Waals surface area contributed by atoms with Crippen LogP contribution in [0.1, 0.15) is 38.4 Å². The smallest absolute Gasteiger partial charge is 0.306 e. The lowest BCUT2D eigenvalue weighted by molar-refractivity contribution is -0.141. The van der Waals surface area contributed by atoms with Crippen molar-refractivity contribution in [2.24, 2.45) is 11.7 Å². The molecule has 1 aromatic rings. The molecule has 0 aromatic carbocycles. The average Bonchev–Trinajstić information content (AvgIpc) is 2.76. The highest BCUT2D eigenvalue weighted by molar-refractivity contribution is 5.70. The fraction of sp³-hybridized carbons (Fsp3) is 0.667. The maximum Gasteiger partial charge on any atom is 0.306 e. The molecule has 3 N–H and O–H groups in total. The van der Waals surface area contributed by atoms with Gasteiger partial charge in [0, 0.05) is 18.7 Å². The quantitative estimate of drug-likeness (QED) is 0.754. The van der Waals surface area contributed by atoms with E-state index in [1.807, 2.05) is 16.9 Å². The number of nitrogens with zero attached hydrogens (tertiary/aromatic N) is 2. The van der Waals surface area contributed by atoms with Crippen LogP contribution in [0.3, 0.4) is 0 Å². The van der Waals surface area contributed by atoms with Gasteiger partial charge in [-0.05, 0) is 32.4 Å². The van der Waals surface area contributed by atoms with Gasteiger partial charge in [-0.3, -0.25) is 9.48 Å².